The minimum atomic E-state index is -0.524. The minimum absolute atomic E-state index is 0.0558. The fraction of sp³-hybridized carbons (Fsp3) is 1.00. The van der Waals surface area contributed by atoms with Crippen LogP contribution in [-0.4, -0.2) is 29.7 Å². The van der Waals surface area contributed by atoms with Gasteiger partial charge in [-0.3, -0.25) is 0 Å². The third kappa shape index (κ3) is 3.23. The maximum Gasteiger partial charge on any atom is 0.163 e. The summed E-state index contributed by atoms with van der Waals surface area (Å²) in [6.45, 7) is 6.03. The van der Waals surface area contributed by atoms with Crippen LogP contribution in [0.3, 0.4) is 0 Å². The molecule has 1 N–H and O–H groups in total. The van der Waals surface area contributed by atoms with Crippen molar-refractivity contribution in [2.75, 3.05) is 6.61 Å². The molecule has 3 heteroatoms. The van der Waals surface area contributed by atoms with Gasteiger partial charge in [0.25, 0.3) is 0 Å². The highest BCUT2D eigenvalue weighted by Gasteiger charge is 2.40. The molecule has 1 saturated heterocycles. The fourth-order valence-electron chi connectivity index (χ4n) is 1.90. The molecule has 1 rings (SSSR count). The van der Waals surface area contributed by atoms with Gasteiger partial charge in [-0.1, -0.05) is 26.2 Å². The standard InChI is InChI=1S/C11H22O3/c1-4-5-6-7-9-10(8-12)14-11(2,3)13-9/h9-10,12H,4-8H2,1-3H3. The Hall–Kier alpha value is -0.120. The highest BCUT2D eigenvalue weighted by Crippen LogP contribution is 2.30. The summed E-state index contributed by atoms with van der Waals surface area (Å²) in [6, 6.07) is 0. The first-order chi connectivity index (χ1) is 6.59. The molecule has 1 aliphatic rings. The second kappa shape index (κ2) is 5.10. The maximum absolute atomic E-state index is 9.12. The van der Waals surface area contributed by atoms with Crippen molar-refractivity contribution in [1.82, 2.24) is 0 Å². The molecule has 0 spiro atoms. The largest absolute Gasteiger partial charge is 0.394 e. The van der Waals surface area contributed by atoms with Gasteiger partial charge in [0.2, 0.25) is 0 Å². The lowest BCUT2D eigenvalue weighted by atomic mass is 10.1. The number of hydrogen-bond acceptors (Lipinski definition) is 3. The zero-order valence-corrected chi connectivity index (χ0v) is 9.45. The van der Waals surface area contributed by atoms with E-state index in [1.54, 1.807) is 0 Å². The van der Waals surface area contributed by atoms with E-state index in [0.29, 0.717) is 0 Å². The van der Waals surface area contributed by atoms with Crippen LogP contribution >= 0.6 is 0 Å². The Labute approximate surface area is 86.4 Å². The van der Waals surface area contributed by atoms with Crippen molar-refractivity contribution in [3.8, 4) is 0 Å². The van der Waals surface area contributed by atoms with E-state index in [-0.39, 0.29) is 18.8 Å². The first-order valence-electron chi connectivity index (χ1n) is 5.55. The molecule has 0 aromatic rings. The van der Waals surface area contributed by atoms with Crippen LogP contribution in [0.15, 0.2) is 0 Å². The summed E-state index contributed by atoms with van der Waals surface area (Å²) >= 11 is 0. The van der Waals surface area contributed by atoms with Gasteiger partial charge in [-0.05, 0) is 20.3 Å². The predicted octanol–water partition coefficient (Wildman–Crippen LogP) is 2.08. The van der Waals surface area contributed by atoms with E-state index in [1.165, 1.54) is 12.8 Å². The second-order valence-corrected chi connectivity index (χ2v) is 4.39. The average molecular weight is 202 g/mol. The zero-order chi connectivity index (χ0) is 10.6. The molecule has 14 heavy (non-hydrogen) atoms. The highest BCUT2D eigenvalue weighted by atomic mass is 16.8. The molecule has 1 aliphatic heterocycles. The quantitative estimate of drug-likeness (QED) is 0.694. The normalized spacial score (nSPS) is 30.9. The van der Waals surface area contributed by atoms with Crippen molar-refractivity contribution < 1.29 is 14.6 Å². The lowest BCUT2D eigenvalue weighted by molar-refractivity contribution is -0.149. The third-order valence-corrected chi connectivity index (χ3v) is 2.56. The molecule has 0 aliphatic carbocycles. The van der Waals surface area contributed by atoms with E-state index in [4.69, 9.17) is 14.6 Å². The zero-order valence-electron chi connectivity index (χ0n) is 9.45. The van der Waals surface area contributed by atoms with Crippen molar-refractivity contribution in [1.29, 1.82) is 0 Å². The molecule has 0 bridgehead atoms. The maximum atomic E-state index is 9.12. The Morgan fingerprint density at radius 1 is 1.14 bits per heavy atom. The van der Waals surface area contributed by atoms with E-state index in [1.807, 2.05) is 13.8 Å². The Morgan fingerprint density at radius 2 is 1.79 bits per heavy atom. The van der Waals surface area contributed by atoms with Crippen LogP contribution < -0.4 is 0 Å². The molecular formula is C11H22O3. The molecule has 0 aromatic carbocycles. The Balaban J connectivity index is 2.35. The van der Waals surface area contributed by atoms with Crippen LogP contribution in [0.2, 0.25) is 0 Å². The van der Waals surface area contributed by atoms with Gasteiger partial charge in [0.15, 0.2) is 5.79 Å². The summed E-state index contributed by atoms with van der Waals surface area (Å²) in [4.78, 5) is 0. The number of rotatable bonds is 5. The molecule has 84 valence electrons. The molecule has 3 nitrogen and oxygen atoms in total. The topological polar surface area (TPSA) is 38.7 Å². The Morgan fingerprint density at radius 3 is 2.36 bits per heavy atom. The van der Waals surface area contributed by atoms with Gasteiger partial charge in [-0.15, -0.1) is 0 Å². The summed E-state index contributed by atoms with van der Waals surface area (Å²) in [5.74, 6) is -0.524. The minimum Gasteiger partial charge on any atom is -0.394 e. The van der Waals surface area contributed by atoms with E-state index in [9.17, 15) is 0 Å². The number of aliphatic hydroxyl groups is 1. The summed E-state index contributed by atoms with van der Waals surface area (Å²) < 4.78 is 11.3. The van der Waals surface area contributed by atoms with Crippen molar-refractivity contribution >= 4 is 0 Å². The van der Waals surface area contributed by atoms with Crippen molar-refractivity contribution in [3.05, 3.63) is 0 Å². The molecule has 0 aromatic heterocycles. The van der Waals surface area contributed by atoms with Crippen molar-refractivity contribution in [2.45, 2.75) is 64.4 Å². The van der Waals surface area contributed by atoms with Crippen LogP contribution in [-0.2, 0) is 9.47 Å². The predicted molar refractivity (Wildman–Crippen MR) is 55.1 cm³/mol. The molecule has 2 atom stereocenters. The van der Waals surface area contributed by atoms with Crippen LogP contribution in [0, 0.1) is 0 Å². The summed E-state index contributed by atoms with van der Waals surface area (Å²) in [5.41, 5.74) is 0. The smallest absolute Gasteiger partial charge is 0.163 e. The van der Waals surface area contributed by atoms with Gasteiger partial charge in [0.05, 0.1) is 12.7 Å². The monoisotopic (exact) mass is 202 g/mol. The van der Waals surface area contributed by atoms with E-state index >= 15 is 0 Å². The summed E-state index contributed by atoms with van der Waals surface area (Å²) in [5, 5.41) is 9.12. The molecule has 0 amide bonds. The molecule has 0 saturated carbocycles. The van der Waals surface area contributed by atoms with E-state index < -0.39 is 5.79 Å². The third-order valence-electron chi connectivity index (χ3n) is 2.56. The van der Waals surface area contributed by atoms with Crippen LogP contribution in [0.5, 0.6) is 0 Å². The molecule has 1 fully saturated rings. The Bertz CT molecular complexity index is 168. The first kappa shape index (κ1) is 12.0. The van der Waals surface area contributed by atoms with Gasteiger partial charge in [0.1, 0.15) is 6.10 Å². The number of hydrogen-bond donors (Lipinski definition) is 1. The molecule has 0 radical (unpaired) electrons. The first-order valence-corrected chi connectivity index (χ1v) is 5.55. The van der Waals surface area contributed by atoms with Crippen LogP contribution in [0.25, 0.3) is 0 Å². The van der Waals surface area contributed by atoms with Gasteiger partial charge in [0, 0.05) is 0 Å². The lowest BCUT2D eigenvalue weighted by Crippen LogP contribution is -2.26. The molecule has 2 unspecified atom stereocenters. The van der Waals surface area contributed by atoms with E-state index in [0.717, 1.165) is 12.8 Å². The van der Waals surface area contributed by atoms with Gasteiger partial charge < -0.3 is 14.6 Å². The second-order valence-electron chi connectivity index (χ2n) is 4.39. The summed E-state index contributed by atoms with van der Waals surface area (Å²) in [6.07, 6.45) is 4.50. The number of unbranched alkanes of at least 4 members (excludes halogenated alkanes) is 2. The number of ether oxygens (including phenoxy) is 2. The summed E-state index contributed by atoms with van der Waals surface area (Å²) in [7, 11) is 0. The Kier molecular flexibility index (Phi) is 4.35. The molecule has 1 heterocycles. The van der Waals surface area contributed by atoms with Gasteiger partial charge in [-0.25, -0.2) is 0 Å². The number of aliphatic hydroxyl groups excluding tert-OH is 1. The lowest BCUT2D eigenvalue weighted by Gasteiger charge is -2.16. The van der Waals surface area contributed by atoms with Crippen LogP contribution in [0.4, 0.5) is 0 Å². The SMILES string of the molecule is CCCCCC1OC(C)(C)OC1CO. The van der Waals surface area contributed by atoms with Crippen LogP contribution in [0.1, 0.15) is 46.5 Å². The van der Waals surface area contributed by atoms with E-state index in [2.05, 4.69) is 6.92 Å². The average Bonchev–Trinajstić information content (AvgIpc) is 2.41. The van der Waals surface area contributed by atoms with Gasteiger partial charge >= 0.3 is 0 Å². The van der Waals surface area contributed by atoms with Crippen molar-refractivity contribution in [3.63, 3.8) is 0 Å². The fourth-order valence-corrected chi connectivity index (χ4v) is 1.90. The highest BCUT2D eigenvalue weighted by molar-refractivity contribution is 4.80. The van der Waals surface area contributed by atoms with Gasteiger partial charge in [-0.2, -0.15) is 0 Å². The van der Waals surface area contributed by atoms with Crippen molar-refractivity contribution in [2.24, 2.45) is 0 Å². The molecular weight excluding hydrogens is 180 g/mol.